The van der Waals surface area contributed by atoms with Crippen LogP contribution in [0.15, 0.2) is 36.7 Å². The van der Waals surface area contributed by atoms with Crippen LogP contribution >= 0.6 is 0 Å². The number of carbonyl (C=O) groups is 1. The molecule has 112 valence electrons. The summed E-state index contributed by atoms with van der Waals surface area (Å²) in [5.74, 6) is -0.107. The van der Waals surface area contributed by atoms with Gasteiger partial charge in [-0.2, -0.15) is 5.10 Å². The van der Waals surface area contributed by atoms with Crippen LogP contribution in [0.1, 0.15) is 18.1 Å². The van der Waals surface area contributed by atoms with Gasteiger partial charge in [0.15, 0.2) is 0 Å². The minimum atomic E-state index is -0.107. The summed E-state index contributed by atoms with van der Waals surface area (Å²) in [6.45, 7) is 3.81. The number of nitrogen functional groups attached to an aromatic ring is 1. The summed E-state index contributed by atoms with van der Waals surface area (Å²) in [6, 6.07) is 7.91. The summed E-state index contributed by atoms with van der Waals surface area (Å²) in [5, 5.41) is 6.86. The third-order valence-electron chi connectivity index (χ3n) is 3.01. The number of nitrogens with zero attached hydrogens (tertiary/aromatic N) is 2. The van der Waals surface area contributed by atoms with Gasteiger partial charge in [0.25, 0.3) is 0 Å². The molecule has 0 bridgehead atoms. The maximum absolute atomic E-state index is 11.9. The number of rotatable bonds is 7. The van der Waals surface area contributed by atoms with Gasteiger partial charge in [-0.15, -0.1) is 0 Å². The zero-order chi connectivity index (χ0) is 15.1. The van der Waals surface area contributed by atoms with Crippen molar-refractivity contribution in [2.75, 3.05) is 12.3 Å². The Morgan fingerprint density at radius 1 is 1.38 bits per heavy atom. The fourth-order valence-electron chi connectivity index (χ4n) is 1.95. The fourth-order valence-corrected chi connectivity index (χ4v) is 1.95. The molecule has 6 nitrogen and oxygen atoms in total. The third kappa shape index (κ3) is 4.61. The second-order valence-electron chi connectivity index (χ2n) is 4.65. The molecular weight excluding hydrogens is 268 g/mol. The zero-order valence-electron chi connectivity index (χ0n) is 12.1. The average Bonchev–Trinajstić information content (AvgIpc) is 2.89. The summed E-state index contributed by atoms with van der Waals surface area (Å²) in [5.41, 5.74) is 8.24. The van der Waals surface area contributed by atoms with E-state index in [0.717, 1.165) is 11.1 Å². The van der Waals surface area contributed by atoms with E-state index in [1.54, 1.807) is 6.20 Å². The molecule has 6 heteroatoms. The molecule has 0 aliphatic rings. The molecule has 1 aromatic carbocycles. The monoisotopic (exact) mass is 288 g/mol. The van der Waals surface area contributed by atoms with Crippen LogP contribution in [0, 0.1) is 0 Å². The molecule has 0 radical (unpaired) electrons. The third-order valence-corrected chi connectivity index (χ3v) is 3.01. The Morgan fingerprint density at radius 2 is 2.14 bits per heavy atom. The number of nitrogens with one attached hydrogen (secondary N) is 1. The number of nitrogens with two attached hydrogens (primary N) is 1. The van der Waals surface area contributed by atoms with Crippen LogP contribution in [0.2, 0.25) is 0 Å². The molecule has 1 aromatic heterocycles. The molecule has 0 unspecified atom stereocenters. The minimum absolute atomic E-state index is 0.107. The standard InChI is InChI=1S/C15H20N4O2/c1-2-21-11-13-6-4-3-5-12(13)7-17-15(20)10-19-9-14(16)8-18-19/h3-6,8-9H,2,7,10-11,16H2,1H3,(H,17,20). The Balaban J connectivity index is 1.88. The molecule has 0 aliphatic heterocycles. The van der Waals surface area contributed by atoms with Crippen molar-refractivity contribution in [1.82, 2.24) is 15.1 Å². The first-order valence-corrected chi connectivity index (χ1v) is 6.88. The second kappa shape index (κ2) is 7.44. The largest absolute Gasteiger partial charge is 0.396 e. The predicted molar refractivity (Wildman–Crippen MR) is 80.3 cm³/mol. The van der Waals surface area contributed by atoms with E-state index in [4.69, 9.17) is 10.5 Å². The van der Waals surface area contributed by atoms with E-state index in [1.807, 2.05) is 31.2 Å². The second-order valence-corrected chi connectivity index (χ2v) is 4.65. The topological polar surface area (TPSA) is 82.2 Å². The number of aromatic nitrogens is 2. The van der Waals surface area contributed by atoms with Gasteiger partial charge in [-0.3, -0.25) is 9.48 Å². The van der Waals surface area contributed by atoms with Gasteiger partial charge < -0.3 is 15.8 Å². The summed E-state index contributed by atoms with van der Waals surface area (Å²) < 4.78 is 6.94. The lowest BCUT2D eigenvalue weighted by molar-refractivity contribution is -0.122. The fraction of sp³-hybridized carbons (Fsp3) is 0.333. The molecule has 1 amide bonds. The van der Waals surface area contributed by atoms with Gasteiger partial charge in [-0.05, 0) is 18.1 Å². The average molecular weight is 288 g/mol. The summed E-state index contributed by atoms with van der Waals surface area (Å²) in [4.78, 5) is 11.9. The first-order chi connectivity index (χ1) is 10.2. The van der Waals surface area contributed by atoms with Gasteiger partial charge in [0, 0.05) is 19.3 Å². The van der Waals surface area contributed by atoms with Crippen molar-refractivity contribution < 1.29 is 9.53 Å². The highest BCUT2D eigenvalue weighted by atomic mass is 16.5. The van der Waals surface area contributed by atoms with Gasteiger partial charge in [0.2, 0.25) is 5.91 Å². The molecule has 1 heterocycles. The molecular formula is C15H20N4O2. The van der Waals surface area contributed by atoms with Crippen LogP contribution in [-0.4, -0.2) is 22.3 Å². The summed E-state index contributed by atoms with van der Waals surface area (Å²) in [7, 11) is 0. The molecule has 0 saturated heterocycles. The van der Waals surface area contributed by atoms with E-state index in [-0.39, 0.29) is 12.5 Å². The minimum Gasteiger partial charge on any atom is -0.396 e. The molecule has 3 N–H and O–H groups in total. The van der Waals surface area contributed by atoms with E-state index in [1.165, 1.54) is 10.9 Å². The Bertz CT molecular complexity index is 595. The highest BCUT2D eigenvalue weighted by molar-refractivity contribution is 5.75. The molecule has 0 aliphatic carbocycles. The number of benzene rings is 1. The molecule has 0 spiro atoms. The molecule has 21 heavy (non-hydrogen) atoms. The Morgan fingerprint density at radius 3 is 2.81 bits per heavy atom. The molecule has 0 saturated carbocycles. The highest BCUT2D eigenvalue weighted by Crippen LogP contribution is 2.10. The van der Waals surface area contributed by atoms with E-state index >= 15 is 0 Å². The highest BCUT2D eigenvalue weighted by Gasteiger charge is 2.06. The molecule has 0 fully saturated rings. The number of amides is 1. The maximum atomic E-state index is 11.9. The summed E-state index contributed by atoms with van der Waals surface area (Å²) in [6.07, 6.45) is 3.15. The van der Waals surface area contributed by atoms with E-state index < -0.39 is 0 Å². The number of hydrogen-bond acceptors (Lipinski definition) is 4. The molecule has 2 aromatic rings. The van der Waals surface area contributed by atoms with Crippen molar-refractivity contribution in [2.24, 2.45) is 0 Å². The smallest absolute Gasteiger partial charge is 0.241 e. The van der Waals surface area contributed by atoms with Crippen LogP contribution in [0.25, 0.3) is 0 Å². The number of ether oxygens (including phenoxy) is 1. The maximum Gasteiger partial charge on any atom is 0.241 e. The number of hydrogen-bond donors (Lipinski definition) is 2. The van der Waals surface area contributed by atoms with Crippen molar-refractivity contribution >= 4 is 11.6 Å². The Kier molecular flexibility index (Phi) is 5.34. The normalized spacial score (nSPS) is 10.5. The zero-order valence-corrected chi connectivity index (χ0v) is 12.1. The SMILES string of the molecule is CCOCc1ccccc1CNC(=O)Cn1cc(N)cn1. The van der Waals surface area contributed by atoms with E-state index in [0.29, 0.717) is 25.4 Å². The molecule has 0 atom stereocenters. The van der Waals surface area contributed by atoms with Gasteiger partial charge in [-0.1, -0.05) is 24.3 Å². The van der Waals surface area contributed by atoms with Crippen molar-refractivity contribution in [1.29, 1.82) is 0 Å². The van der Waals surface area contributed by atoms with Crippen molar-refractivity contribution in [2.45, 2.75) is 26.6 Å². The van der Waals surface area contributed by atoms with Crippen LogP contribution < -0.4 is 11.1 Å². The van der Waals surface area contributed by atoms with E-state index in [9.17, 15) is 4.79 Å². The lowest BCUT2D eigenvalue weighted by Gasteiger charge is -2.10. The van der Waals surface area contributed by atoms with E-state index in [2.05, 4.69) is 10.4 Å². The van der Waals surface area contributed by atoms with Crippen molar-refractivity contribution in [3.8, 4) is 0 Å². The molecule has 2 rings (SSSR count). The first-order valence-electron chi connectivity index (χ1n) is 6.88. The number of carbonyl (C=O) groups excluding carboxylic acids is 1. The van der Waals surface area contributed by atoms with Crippen molar-refractivity contribution in [3.63, 3.8) is 0 Å². The van der Waals surface area contributed by atoms with Gasteiger partial charge in [0.1, 0.15) is 6.54 Å². The Hall–Kier alpha value is -2.34. The van der Waals surface area contributed by atoms with Crippen LogP contribution in [0.4, 0.5) is 5.69 Å². The van der Waals surface area contributed by atoms with Gasteiger partial charge >= 0.3 is 0 Å². The lowest BCUT2D eigenvalue weighted by Crippen LogP contribution is -2.27. The number of anilines is 1. The summed E-state index contributed by atoms with van der Waals surface area (Å²) >= 11 is 0. The predicted octanol–water partition coefficient (Wildman–Crippen LogP) is 1.32. The van der Waals surface area contributed by atoms with Crippen LogP contribution in [0.3, 0.4) is 0 Å². The lowest BCUT2D eigenvalue weighted by atomic mass is 10.1. The quantitative estimate of drug-likeness (QED) is 0.805. The van der Waals surface area contributed by atoms with Crippen molar-refractivity contribution in [3.05, 3.63) is 47.8 Å². The Labute approximate surface area is 123 Å². The van der Waals surface area contributed by atoms with Crippen LogP contribution in [0.5, 0.6) is 0 Å². The van der Waals surface area contributed by atoms with Gasteiger partial charge in [0.05, 0.1) is 18.5 Å². The van der Waals surface area contributed by atoms with Gasteiger partial charge in [-0.25, -0.2) is 0 Å². The van der Waals surface area contributed by atoms with Crippen LogP contribution in [-0.2, 0) is 29.2 Å². The first kappa shape index (κ1) is 15.1.